The van der Waals surface area contributed by atoms with E-state index in [0.717, 1.165) is 5.69 Å². The van der Waals surface area contributed by atoms with Gasteiger partial charge in [0.2, 0.25) is 5.75 Å². The zero-order valence-corrected chi connectivity index (χ0v) is 15.7. The number of rotatable bonds is 5. The Bertz CT molecular complexity index is 777. The van der Waals surface area contributed by atoms with Crippen molar-refractivity contribution in [2.24, 2.45) is 0 Å². The summed E-state index contributed by atoms with van der Waals surface area (Å²) < 4.78 is 29.2. The molecule has 1 heterocycles. The van der Waals surface area contributed by atoms with Gasteiger partial charge in [0, 0.05) is 49.6 Å². The highest BCUT2D eigenvalue weighted by atomic mass is 19.1. The first-order chi connectivity index (χ1) is 13.1. The molecule has 7 heteroatoms. The molecule has 0 atom stereocenters. The summed E-state index contributed by atoms with van der Waals surface area (Å²) in [6, 6.07) is 9.45. The molecule has 0 aromatic heterocycles. The second kappa shape index (κ2) is 8.16. The van der Waals surface area contributed by atoms with Crippen molar-refractivity contribution >= 4 is 11.6 Å². The summed E-state index contributed by atoms with van der Waals surface area (Å²) in [5.74, 6) is 1.31. The number of nitrogens with zero attached hydrogens (tertiary/aromatic N) is 2. The molecule has 0 bridgehead atoms. The van der Waals surface area contributed by atoms with Crippen molar-refractivity contribution in [3.05, 3.63) is 47.8 Å². The van der Waals surface area contributed by atoms with Crippen LogP contribution in [0.15, 0.2) is 36.4 Å². The highest BCUT2D eigenvalue weighted by Gasteiger charge is 2.24. The Morgan fingerprint density at radius 3 is 1.93 bits per heavy atom. The Hall–Kier alpha value is -2.96. The summed E-state index contributed by atoms with van der Waals surface area (Å²) in [6.45, 7) is 2.50. The second-order valence-corrected chi connectivity index (χ2v) is 6.17. The number of ether oxygens (including phenoxy) is 3. The molecule has 0 saturated carbocycles. The summed E-state index contributed by atoms with van der Waals surface area (Å²) in [5, 5.41) is 0. The van der Waals surface area contributed by atoms with E-state index in [9.17, 15) is 9.18 Å². The highest BCUT2D eigenvalue weighted by Crippen LogP contribution is 2.41. The van der Waals surface area contributed by atoms with Gasteiger partial charge in [0.1, 0.15) is 5.82 Å². The number of methoxy groups -OCH3 is 3. The fourth-order valence-electron chi connectivity index (χ4n) is 3.19. The Kier molecular flexibility index (Phi) is 5.69. The minimum absolute atomic E-state index is 0.0838. The lowest BCUT2D eigenvalue weighted by Crippen LogP contribution is -2.48. The van der Waals surface area contributed by atoms with Crippen molar-refractivity contribution in [1.29, 1.82) is 0 Å². The first-order valence-electron chi connectivity index (χ1n) is 8.67. The van der Waals surface area contributed by atoms with Crippen LogP contribution in [0.4, 0.5) is 10.1 Å². The topological polar surface area (TPSA) is 51.2 Å². The van der Waals surface area contributed by atoms with Crippen molar-refractivity contribution in [2.75, 3.05) is 52.4 Å². The van der Waals surface area contributed by atoms with E-state index >= 15 is 0 Å². The van der Waals surface area contributed by atoms with Crippen molar-refractivity contribution in [1.82, 2.24) is 4.90 Å². The molecule has 1 fully saturated rings. The maximum atomic E-state index is 13.0. The third-order valence-corrected chi connectivity index (χ3v) is 4.67. The van der Waals surface area contributed by atoms with E-state index in [0.29, 0.717) is 49.0 Å². The normalized spacial score (nSPS) is 14.1. The SMILES string of the molecule is COc1cc(N2CCN(C(=O)c3ccc(F)cc3)CC2)cc(OC)c1OC. The number of amides is 1. The van der Waals surface area contributed by atoms with Gasteiger partial charge in [-0.1, -0.05) is 0 Å². The molecule has 0 spiro atoms. The van der Waals surface area contributed by atoms with E-state index < -0.39 is 0 Å². The number of anilines is 1. The minimum atomic E-state index is -0.348. The van der Waals surface area contributed by atoms with Gasteiger partial charge in [0.15, 0.2) is 11.5 Å². The predicted octanol–water partition coefficient (Wildman–Crippen LogP) is 2.81. The van der Waals surface area contributed by atoms with Crippen molar-refractivity contribution in [3.63, 3.8) is 0 Å². The number of carbonyl (C=O) groups excluding carboxylic acids is 1. The number of piperazine rings is 1. The van der Waals surface area contributed by atoms with E-state index in [-0.39, 0.29) is 11.7 Å². The molecule has 3 rings (SSSR count). The maximum absolute atomic E-state index is 13.0. The fraction of sp³-hybridized carbons (Fsp3) is 0.350. The average molecular weight is 374 g/mol. The lowest BCUT2D eigenvalue weighted by atomic mass is 10.1. The van der Waals surface area contributed by atoms with Crippen LogP contribution in [0.1, 0.15) is 10.4 Å². The molecule has 0 radical (unpaired) electrons. The van der Waals surface area contributed by atoms with Crippen molar-refractivity contribution in [3.8, 4) is 17.2 Å². The number of hydrogen-bond acceptors (Lipinski definition) is 5. The number of hydrogen-bond donors (Lipinski definition) is 0. The molecule has 1 aliphatic rings. The molecule has 2 aromatic carbocycles. The van der Waals surface area contributed by atoms with Crippen molar-refractivity contribution in [2.45, 2.75) is 0 Å². The number of carbonyl (C=O) groups is 1. The van der Waals surface area contributed by atoms with Crippen LogP contribution in [0.2, 0.25) is 0 Å². The molecule has 1 saturated heterocycles. The average Bonchev–Trinajstić information content (AvgIpc) is 2.72. The van der Waals surface area contributed by atoms with Crippen LogP contribution in [-0.4, -0.2) is 58.3 Å². The van der Waals surface area contributed by atoms with Gasteiger partial charge in [-0.15, -0.1) is 0 Å². The third kappa shape index (κ3) is 3.92. The molecule has 2 aromatic rings. The van der Waals surface area contributed by atoms with Gasteiger partial charge in [0.05, 0.1) is 21.3 Å². The minimum Gasteiger partial charge on any atom is -0.493 e. The van der Waals surface area contributed by atoms with Gasteiger partial charge in [-0.2, -0.15) is 0 Å². The lowest BCUT2D eigenvalue weighted by molar-refractivity contribution is 0.0746. The van der Waals surface area contributed by atoms with Crippen molar-refractivity contribution < 1.29 is 23.4 Å². The summed E-state index contributed by atoms with van der Waals surface area (Å²) in [5.41, 5.74) is 1.44. The molecule has 0 aliphatic carbocycles. The number of halogens is 1. The van der Waals surface area contributed by atoms with Gasteiger partial charge in [-0.05, 0) is 24.3 Å². The van der Waals surface area contributed by atoms with E-state index in [1.165, 1.54) is 24.3 Å². The Labute approximate surface area is 158 Å². The van der Waals surface area contributed by atoms with Crippen LogP contribution in [-0.2, 0) is 0 Å². The highest BCUT2D eigenvalue weighted by molar-refractivity contribution is 5.94. The summed E-state index contributed by atoms with van der Waals surface area (Å²) >= 11 is 0. The van der Waals surface area contributed by atoms with Crippen LogP contribution in [0, 0.1) is 5.82 Å². The quantitative estimate of drug-likeness (QED) is 0.806. The number of benzene rings is 2. The van der Waals surface area contributed by atoms with Crippen LogP contribution < -0.4 is 19.1 Å². The zero-order valence-electron chi connectivity index (χ0n) is 15.7. The molecule has 0 N–H and O–H groups in total. The Balaban J connectivity index is 1.72. The molecular formula is C20H23FN2O4. The first-order valence-corrected chi connectivity index (χ1v) is 8.67. The van der Waals surface area contributed by atoms with E-state index in [1.807, 2.05) is 12.1 Å². The monoisotopic (exact) mass is 374 g/mol. The van der Waals surface area contributed by atoms with Crippen LogP contribution in [0.5, 0.6) is 17.2 Å². The molecule has 1 aliphatic heterocycles. The second-order valence-electron chi connectivity index (χ2n) is 6.17. The van der Waals surface area contributed by atoms with Gasteiger partial charge in [-0.3, -0.25) is 4.79 Å². The molecule has 0 unspecified atom stereocenters. The Morgan fingerprint density at radius 2 is 1.44 bits per heavy atom. The Morgan fingerprint density at radius 1 is 0.889 bits per heavy atom. The predicted molar refractivity (Wildman–Crippen MR) is 101 cm³/mol. The van der Waals surface area contributed by atoms with Crippen LogP contribution >= 0.6 is 0 Å². The van der Waals surface area contributed by atoms with E-state index in [1.54, 1.807) is 26.2 Å². The van der Waals surface area contributed by atoms with Gasteiger partial charge in [-0.25, -0.2) is 4.39 Å². The largest absolute Gasteiger partial charge is 0.493 e. The summed E-state index contributed by atoms with van der Waals surface area (Å²) in [7, 11) is 4.74. The summed E-state index contributed by atoms with van der Waals surface area (Å²) in [6.07, 6.45) is 0. The molecule has 6 nitrogen and oxygen atoms in total. The lowest BCUT2D eigenvalue weighted by Gasteiger charge is -2.36. The molecule has 144 valence electrons. The fourth-order valence-corrected chi connectivity index (χ4v) is 3.19. The van der Waals surface area contributed by atoms with Gasteiger partial charge in [0.25, 0.3) is 5.91 Å². The van der Waals surface area contributed by atoms with Gasteiger partial charge >= 0.3 is 0 Å². The van der Waals surface area contributed by atoms with E-state index in [4.69, 9.17) is 14.2 Å². The standard InChI is InChI=1S/C20H23FN2O4/c1-25-17-12-16(13-18(26-2)19(17)27-3)22-8-10-23(11-9-22)20(24)14-4-6-15(21)7-5-14/h4-7,12-13H,8-11H2,1-3H3. The molecular weight excluding hydrogens is 351 g/mol. The maximum Gasteiger partial charge on any atom is 0.253 e. The smallest absolute Gasteiger partial charge is 0.253 e. The van der Waals surface area contributed by atoms with Crippen LogP contribution in [0.25, 0.3) is 0 Å². The first kappa shape index (κ1) is 18.8. The van der Waals surface area contributed by atoms with Crippen LogP contribution in [0.3, 0.4) is 0 Å². The summed E-state index contributed by atoms with van der Waals surface area (Å²) in [4.78, 5) is 16.5. The molecule has 27 heavy (non-hydrogen) atoms. The van der Waals surface area contributed by atoms with E-state index in [2.05, 4.69) is 4.90 Å². The third-order valence-electron chi connectivity index (χ3n) is 4.67. The van der Waals surface area contributed by atoms with Gasteiger partial charge < -0.3 is 24.0 Å². The zero-order chi connectivity index (χ0) is 19.4. The molecule has 1 amide bonds.